The Balaban J connectivity index is 2.32. The average molecular weight is 312 g/mol. The molecule has 1 aromatic heterocycles. The van der Waals surface area contributed by atoms with Gasteiger partial charge in [0.1, 0.15) is 10.7 Å². The van der Waals surface area contributed by atoms with Gasteiger partial charge in [-0.25, -0.2) is 13.4 Å². The summed E-state index contributed by atoms with van der Waals surface area (Å²) in [4.78, 5) is 4.06. The van der Waals surface area contributed by atoms with E-state index in [1.807, 2.05) is 13.0 Å². The first-order valence-electron chi connectivity index (χ1n) is 5.85. The van der Waals surface area contributed by atoms with E-state index in [1.165, 1.54) is 12.3 Å². The van der Waals surface area contributed by atoms with Gasteiger partial charge in [-0.05, 0) is 36.8 Å². The van der Waals surface area contributed by atoms with Crippen molar-refractivity contribution in [3.63, 3.8) is 0 Å². The van der Waals surface area contributed by atoms with Gasteiger partial charge in [-0.3, -0.25) is 4.72 Å². The summed E-state index contributed by atoms with van der Waals surface area (Å²) in [5.74, 6) is 0.595. The van der Waals surface area contributed by atoms with Crippen molar-refractivity contribution in [2.24, 2.45) is 0 Å². The Morgan fingerprint density at radius 2 is 1.95 bits per heavy atom. The second kappa shape index (κ2) is 5.68. The van der Waals surface area contributed by atoms with Crippen molar-refractivity contribution in [2.45, 2.75) is 11.8 Å². The first-order chi connectivity index (χ1) is 9.42. The van der Waals surface area contributed by atoms with E-state index in [-0.39, 0.29) is 4.90 Å². The first-order valence-corrected chi connectivity index (χ1v) is 7.71. The molecule has 0 aliphatic carbocycles. The highest BCUT2D eigenvalue weighted by Gasteiger charge is 2.16. The van der Waals surface area contributed by atoms with Crippen molar-refractivity contribution in [2.75, 3.05) is 17.1 Å². The zero-order valence-corrected chi connectivity index (χ0v) is 12.6. The van der Waals surface area contributed by atoms with Crippen molar-refractivity contribution in [3.05, 3.63) is 47.1 Å². The minimum absolute atomic E-state index is 0.0778. The molecule has 0 aliphatic heterocycles. The SMILES string of the molecule is CNc1ccc(S(=O)(=O)Nc2cc(C)ccc2Cl)cn1. The summed E-state index contributed by atoms with van der Waals surface area (Å²) >= 11 is 5.98. The second-order valence-corrected chi connectivity index (χ2v) is 6.31. The summed E-state index contributed by atoms with van der Waals surface area (Å²) < 4.78 is 26.9. The predicted octanol–water partition coefficient (Wildman–Crippen LogP) is 2.89. The molecule has 0 aliphatic rings. The number of halogens is 1. The van der Waals surface area contributed by atoms with Crippen molar-refractivity contribution in [1.82, 2.24) is 4.98 Å². The van der Waals surface area contributed by atoms with Crippen LogP contribution in [0, 0.1) is 6.92 Å². The molecule has 5 nitrogen and oxygen atoms in total. The van der Waals surface area contributed by atoms with Crippen LogP contribution >= 0.6 is 11.6 Å². The molecule has 1 aromatic carbocycles. The molecule has 0 spiro atoms. The van der Waals surface area contributed by atoms with Gasteiger partial charge in [0.15, 0.2) is 0 Å². The van der Waals surface area contributed by atoms with E-state index in [9.17, 15) is 8.42 Å². The summed E-state index contributed by atoms with van der Waals surface area (Å²) in [5, 5.41) is 3.17. The van der Waals surface area contributed by atoms with E-state index >= 15 is 0 Å². The number of rotatable bonds is 4. The molecule has 0 saturated heterocycles. The molecular formula is C13H14ClN3O2S. The van der Waals surface area contributed by atoms with Crippen molar-refractivity contribution in [1.29, 1.82) is 0 Å². The minimum Gasteiger partial charge on any atom is -0.373 e. The van der Waals surface area contributed by atoms with Crippen LogP contribution in [0.1, 0.15) is 5.56 Å². The fourth-order valence-corrected chi connectivity index (χ4v) is 2.84. The lowest BCUT2D eigenvalue weighted by Gasteiger charge is -2.10. The van der Waals surface area contributed by atoms with Crippen LogP contribution in [0.4, 0.5) is 11.5 Å². The molecule has 2 aromatic rings. The van der Waals surface area contributed by atoms with E-state index in [1.54, 1.807) is 25.2 Å². The number of anilines is 2. The predicted molar refractivity (Wildman–Crippen MR) is 80.8 cm³/mol. The van der Waals surface area contributed by atoms with E-state index in [0.717, 1.165) is 5.56 Å². The van der Waals surface area contributed by atoms with Gasteiger partial charge in [0.25, 0.3) is 10.0 Å². The Bertz CT molecular complexity index is 715. The van der Waals surface area contributed by atoms with Gasteiger partial charge in [-0.2, -0.15) is 0 Å². The van der Waals surface area contributed by atoms with Crippen LogP contribution in [0.2, 0.25) is 5.02 Å². The molecule has 0 amide bonds. The maximum atomic E-state index is 12.2. The highest BCUT2D eigenvalue weighted by molar-refractivity contribution is 7.92. The standard InChI is InChI=1S/C13H14ClN3O2S/c1-9-3-5-11(14)12(7-9)17-20(18,19)10-4-6-13(15-2)16-8-10/h3-8,17H,1-2H3,(H,15,16). The van der Waals surface area contributed by atoms with E-state index in [4.69, 9.17) is 11.6 Å². The smallest absolute Gasteiger partial charge is 0.263 e. The molecule has 0 saturated carbocycles. The molecule has 7 heteroatoms. The van der Waals surface area contributed by atoms with E-state index in [2.05, 4.69) is 15.0 Å². The van der Waals surface area contributed by atoms with Gasteiger partial charge in [0.2, 0.25) is 0 Å². The minimum atomic E-state index is -3.70. The lowest BCUT2D eigenvalue weighted by atomic mass is 10.2. The molecule has 2 rings (SSSR count). The topological polar surface area (TPSA) is 71.1 Å². The Hall–Kier alpha value is -1.79. The van der Waals surface area contributed by atoms with Crippen molar-refractivity contribution in [3.8, 4) is 0 Å². The third-order valence-corrected chi connectivity index (χ3v) is 4.35. The van der Waals surface area contributed by atoms with Crippen LogP contribution in [0.15, 0.2) is 41.4 Å². The summed E-state index contributed by atoms with van der Waals surface area (Å²) in [5.41, 5.74) is 1.26. The molecule has 0 unspecified atom stereocenters. The van der Waals surface area contributed by atoms with Gasteiger partial charge in [0.05, 0.1) is 10.7 Å². The number of nitrogens with one attached hydrogen (secondary N) is 2. The normalized spacial score (nSPS) is 11.2. The van der Waals surface area contributed by atoms with Crippen LogP contribution in [0.5, 0.6) is 0 Å². The Morgan fingerprint density at radius 3 is 2.55 bits per heavy atom. The fourth-order valence-electron chi connectivity index (χ4n) is 1.61. The number of sulfonamides is 1. The van der Waals surface area contributed by atoms with Gasteiger partial charge >= 0.3 is 0 Å². The number of benzene rings is 1. The van der Waals surface area contributed by atoms with Gasteiger partial charge in [0, 0.05) is 13.2 Å². The number of aryl methyl sites for hydroxylation is 1. The molecule has 0 atom stereocenters. The lowest BCUT2D eigenvalue weighted by molar-refractivity contribution is 0.601. The van der Waals surface area contributed by atoms with E-state index < -0.39 is 10.0 Å². The summed E-state index contributed by atoms with van der Waals surface area (Å²) in [6, 6.07) is 8.20. The Morgan fingerprint density at radius 1 is 1.20 bits per heavy atom. The largest absolute Gasteiger partial charge is 0.373 e. The molecular weight excluding hydrogens is 298 g/mol. The fraction of sp³-hybridized carbons (Fsp3) is 0.154. The van der Waals surface area contributed by atoms with Gasteiger partial charge < -0.3 is 5.32 Å². The molecule has 1 heterocycles. The van der Waals surface area contributed by atoms with Crippen molar-refractivity contribution >= 4 is 33.1 Å². The molecule has 0 fully saturated rings. The van der Waals surface area contributed by atoms with Crippen LogP contribution in [-0.2, 0) is 10.0 Å². The molecule has 0 bridgehead atoms. The highest BCUT2D eigenvalue weighted by atomic mass is 35.5. The molecule has 0 radical (unpaired) electrons. The summed E-state index contributed by atoms with van der Waals surface area (Å²) in [6.45, 7) is 1.86. The van der Waals surface area contributed by atoms with Gasteiger partial charge in [-0.15, -0.1) is 0 Å². The Kier molecular flexibility index (Phi) is 4.15. The summed E-state index contributed by atoms with van der Waals surface area (Å²) in [7, 11) is -1.99. The number of hydrogen-bond donors (Lipinski definition) is 2. The molecule has 106 valence electrons. The monoisotopic (exact) mass is 311 g/mol. The average Bonchev–Trinajstić information content (AvgIpc) is 2.43. The summed E-state index contributed by atoms with van der Waals surface area (Å²) in [6.07, 6.45) is 1.29. The van der Waals surface area contributed by atoms with Crippen LogP contribution < -0.4 is 10.0 Å². The maximum absolute atomic E-state index is 12.2. The molecule has 20 heavy (non-hydrogen) atoms. The zero-order valence-electron chi connectivity index (χ0n) is 11.0. The van der Waals surface area contributed by atoms with Crippen LogP contribution in [0.3, 0.4) is 0 Å². The Labute approximate surface area is 123 Å². The maximum Gasteiger partial charge on any atom is 0.263 e. The third-order valence-electron chi connectivity index (χ3n) is 2.67. The number of nitrogens with zero attached hydrogens (tertiary/aromatic N) is 1. The van der Waals surface area contributed by atoms with Crippen LogP contribution in [0.25, 0.3) is 0 Å². The zero-order chi connectivity index (χ0) is 14.8. The third kappa shape index (κ3) is 3.20. The van der Waals surface area contributed by atoms with E-state index in [0.29, 0.717) is 16.5 Å². The van der Waals surface area contributed by atoms with Gasteiger partial charge in [-0.1, -0.05) is 17.7 Å². The van der Waals surface area contributed by atoms with Crippen molar-refractivity contribution < 1.29 is 8.42 Å². The first kappa shape index (κ1) is 14.6. The van der Waals surface area contributed by atoms with Crippen LogP contribution in [-0.4, -0.2) is 20.4 Å². The second-order valence-electron chi connectivity index (χ2n) is 4.22. The quantitative estimate of drug-likeness (QED) is 0.911. The molecule has 2 N–H and O–H groups in total. The number of pyridine rings is 1. The lowest BCUT2D eigenvalue weighted by Crippen LogP contribution is -2.13. The number of hydrogen-bond acceptors (Lipinski definition) is 4. The highest BCUT2D eigenvalue weighted by Crippen LogP contribution is 2.25. The number of aromatic nitrogens is 1.